The predicted molar refractivity (Wildman–Crippen MR) is 122 cm³/mol. The van der Waals surface area contributed by atoms with E-state index in [1.165, 1.54) is 0 Å². The molecule has 2 aliphatic rings. The minimum atomic E-state index is 0.185. The lowest BCUT2D eigenvalue weighted by atomic mass is 10.2. The third-order valence-corrected chi connectivity index (χ3v) is 5.06. The third kappa shape index (κ3) is 6.02. The van der Waals surface area contributed by atoms with Gasteiger partial charge in [0.15, 0.2) is 16.6 Å². The van der Waals surface area contributed by atoms with Gasteiger partial charge >= 0.3 is 0 Å². The van der Waals surface area contributed by atoms with E-state index in [1.807, 2.05) is 38.1 Å². The molecule has 164 valence electrons. The number of guanidine groups is 1. The zero-order valence-electron chi connectivity index (χ0n) is 17.6. The van der Waals surface area contributed by atoms with Gasteiger partial charge in [0.05, 0.1) is 12.6 Å². The van der Waals surface area contributed by atoms with Crippen molar-refractivity contribution >= 4 is 29.2 Å². The van der Waals surface area contributed by atoms with Crippen molar-refractivity contribution in [1.29, 1.82) is 0 Å². The number of aryl methyl sites for hydroxylation is 2. The Balaban J connectivity index is 1.45. The van der Waals surface area contributed by atoms with Crippen molar-refractivity contribution in [1.82, 2.24) is 20.6 Å². The van der Waals surface area contributed by atoms with Gasteiger partial charge in [-0.1, -0.05) is 6.07 Å². The predicted octanol–water partition coefficient (Wildman–Crippen LogP) is 2.43. The number of hydrogen-bond acceptors (Lipinski definition) is 7. The lowest BCUT2D eigenvalue weighted by Crippen LogP contribution is -2.45. The first kappa shape index (κ1) is 21.3. The van der Waals surface area contributed by atoms with E-state index in [9.17, 15) is 0 Å². The molecule has 3 N–H and O–H groups in total. The van der Waals surface area contributed by atoms with Gasteiger partial charge in [0, 0.05) is 24.5 Å². The standard InChI is InChI=1S/C21H26N6O3S/c1-13-8-14(2)25-20(24-13)26-19(27-21(31)23-11-16-4-3-7-28-16)22-10-15-5-6-17-18(9-15)30-12-29-17/h5-6,8-9,16H,3-4,7,10-12H2,1-2H3,(H3,22,23,24,25,26,27,31). The molecular formula is C21H26N6O3S. The monoisotopic (exact) mass is 442 g/mol. The van der Waals surface area contributed by atoms with E-state index in [2.05, 4.69) is 30.9 Å². The molecule has 31 heavy (non-hydrogen) atoms. The van der Waals surface area contributed by atoms with Crippen molar-refractivity contribution < 1.29 is 14.2 Å². The summed E-state index contributed by atoms with van der Waals surface area (Å²) in [6.07, 6.45) is 2.31. The van der Waals surface area contributed by atoms with Gasteiger partial charge in [0.2, 0.25) is 18.7 Å². The van der Waals surface area contributed by atoms with Gasteiger partial charge in [-0.3, -0.25) is 5.32 Å². The van der Waals surface area contributed by atoms with Gasteiger partial charge < -0.3 is 24.8 Å². The number of nitrogens with one attached hydrogen (secondary N) is 3. The molecule has 0 spiro atoms. The number of ether oxygens (including phenoxy) is 3. The topological polar surface area (TPSA) is 102 Å². The molecule has 10 heteroatoms. The van der Waals surface area contributed by atoms with Gasteiger partial charge in [-0.05, 0) is 62.7 Å². The summed E-state index contributed by atoms with van der Waals surface area (Å²) < 4.78 is 16.5. The summed E-state index contributed by atoms with van der Waals surface area (Å²) in [6, 6.07) is 7.67. The molecule has 2 aliphatic heterocycles. The summed E-state index contributed by atoms with van der Waals surface area (Å²) >= 11 is 5.45. The molecule has 4 rings (SSSR count). The van der Waals surface area contributed by atoms with E-state index in [0.717, 1.165) is 47.9 Å². The second-order valence-electron chi connectivity index (χ2n) is 7.42. The first-order valence-corrected chi connectivity index (χ1v) is 10.6. The third-order valence-electron chi connectivity index (χ3n) is 4.82. The van der Waals surface area contributed by atoms with Crippen LogP contribution in [-0.4, -0.2) is 47.1 Å². The second kappa shape index (κ2) is 9.88. The van der Waals surface area contributed by atoms with Crippen LogP contribution >= 0.6 is 12.2 Å². The highest BCUT2D eigenvalue weighted by Gasteiger charge is 2.16. The summed E-state index contributed by atoms with van der Waals surface area (Å²) in [5.74, 6) is 2.37. The highest BCUT2D eigenvalue weighted by atomic mass is 32.1. The van der Waals surface area contributed by atoms with E-state index >= 15 is 0 Å². The first-order valence-electron chi connectivity index (χ1n) is 10.2. The minimum absolute atomic E-state index is 0.185. The Hall–Kier alpha value is -2.98. The number of aliphatic imine (C=N–C) groups is 1. The summed E-state index contributed by atoms with van der Waals surface area (Å²) in [5.41, 5.74) is 2.71. The molecule has 0 amide bonds. The molecule has 1 saturated heterocycles. The van der Waals surface area contributed by atoms with Crippen molar-refractivity contribution in [3.05, 3.63) is 41.2 Å². The van der Waals surface area contributed by atoms with Crippen LogP contribution in [0.15, 0.2) is 29.3 Å². The number of hydrogen-bond donors (Lipinski definition) is 3. The van der Waals surface area contributed by atoms with Crippen LogP contribution in [-0.2, 0) is 11.3 Å². The van der Waals surface area contributed by atoms with Crippen LogP contribution in [0.5, 0.6) is 11.5 Å². The Morgan fingerprint density at radius 1 is 1.16 bits per heavy atom. The van der Waals surface area contributed by atoms with Crippen molar-refractivity contribution in [2.24, 2.45) is 4.99 Å². The highest BCUT2D eigenvalue weighted by molar-refractivity contribution is 7.80. The lowest BCUT2D eigenvalue weighted by molar-refractivity contribution is 0.114. The second-order valence-corrected chi connectivity index (χ2v) is 7.83. The molecule has 1 aromatic carbocycles. The summed E-state index contributed by atoms with van der Waals surface area (Å²) in [4.78, 5) is 13.5. The number of thiocarbonyl (C=S) groups is 1. The van der Waals surface area contributed by atoms with Gasteiger partial charge in [-0.25, -0.2) is 15.0 Å². The molecule has 1 unspecified atom stereocenters. The van der Waals surface area contributed by atoms with E-state index in [0.29, 0.717) is 30.1 Å². The molecule has 9 nitrogen and oxygen atoms in total. The van der Waals surface area contributed by atoms with Crippen LogP contribution in [0.2, 0.25) is 0 Å². The summed E-state index contributed by atoms with van der Waals surface area (Å²) in [6.45, 7) is 5.95. The van der Waals surface area contributed by atoms with Crippen LogP contribution in [0, 0.1) is 13.8 Å². The molecule has 0 bridgehead atoms. The van der Waals surface area contributed by atoms with E-state index in [-0.39, 0.29) is 12.9 Å². The maximum Gasteiger partial charge on any atom is 0.231 e. The van der Waals surface area contributed by atoms with Crippen LogP contribution < -0.4 is 25.4 Å². The number of aromatic nitrogens is 2. The van der Waals surface area contributed by atoms with Gasteiger partial charge in [-0.2, -0.15) is 0 Å². The number of anilines is 1. The number of benzene rings is 1. The molecule has 1 atom stereocenters. The Bertz CT molecular complexity index is 957. The Morgan fingerprint density at radius 2 is 1.97 bits per heavy atom. The number of rotatable bonds is 5. The zero-order valence-corrected chi connectivity index (χ0v) is 18.4. The largest absolute Gasteiger partial charge is 0.454 e. The average molecular weight is 443 g/mol. The van der Waals surface area contributed by atoms with Crippen molar-refractivity contribution in [3.8, 4) is 11.5 Å². The summed E-state index contributed by atoms with van der Waals surface area (Å²) in [7, 11) is 0. The van der Waals surface area contributed by atoms with E-state index < -0.39 is 0 Å². The molecular weight excluding hydrogens is 416 g/mol. The van der Waals surface area contributed by atoms with Gasteiger partial charge in [-0.15, -0.1) is 0 Å². The van der Waals surface area contributed by atoms with Crippen molar-refractivity contribution in [2.45, 2.75) is 39.3 Å². The fraction of sp³-hybridized carbons (Fsp3) is 0.429. The van der Waals surface area contributed by atoms with Crippen molar-refractivity contribution in [3.63, 3.8) is 0 Å². The maximum absolute atomic E-state index is 5.63. The molecule has 0 radical (unpaired) electrons. The molecule has 1 fully saturated rings. The van der Waals surface area contributed by atoms with Crippen molar-refractivity contribution in [2.75, 3.05) is 25.3 Å². The smallest absolute Gasteiger partial charge is 0.231 e. The van der Waals surface area contributed by atoms with Crippen LogP contribution in [0.1, 0.15) is 29.8 Å². The van der Waals surface area contributed by atoms with Crippen LogP contribution in [0.25, 0.3) is 0 Å². The van der Waals surface area contributed by atoms with Crippen LogP contribution in [0.4, 0.5) is 5.95 Å². The quantitative estimate of drug-likeness (QED) is 0.366. The lowest BCUT2D eigenvalue weighted by Gasteiger charge is -2.16. The molecule has 0 aliphatic carbocycles. The minimum Gasteiger partial charge on any atom is -0.454 e. The Labute approximate surface area is 186 Å². The van der Waals surface area contributed by atoms with Gasteiger partial charge in [0.25, 0.3) is 0 Å². The fourth-order valence-corrected chi connectivity index (χ4v) is 3.55. The highest BCUT2D eigenvalue weighted by Crippen LogP contribution is 2.32. The SMILES string of the molecule is Cc1cc(C)nc(NC(=NCc2ccc3c(c2)OCO3)NC(=S)NCC2CCCO2)n1. The number of nitrogens with zero attached hydrogens (tertiary/aromatic N) is 3. The molecule has 1 aromatic heterocycles. The molecule has 0 saturated carbocycles. The summed E-state index contributed by atoms with van der Waals surface area (Å²) in [5, 5.41) is 9.91. The molecule has 2 aromatic rings. The average Bonchev–Trinajstić information content (AvgIpc) is 3.41. The maximum atomic E-state index is 5.63. The van der Waals surface area contributed by atoms with E-state index in [4.69, 9.17) is 26.4 Å². The zero-order chi connectivity index (χ0) is 21.6. The van der Waals surface area contributed by atoms with Crippen LogP contribution in [0.3, 0.4) is 0 Å². The van der Waals surface area contributed by atoms with Gasteiger partial charge in [0.1, 0.15) is 0 Å². The normalized spacial score (nSPS) is 17.5. The number of fused-ring (bicyclic) bond motifs is 1. The Morgan fingerprint density at radius 3 is 2.74 bits per heavy atom. The fourth-order valence-electron chi connectivity index (χ4n) is 3.37. The first-order chi connectivity index (χ1) is 15.0. The molecule has 3 heterocycles. The van der Waals surface area contributed by atoms with E-state index in [1.54, 1.807) is 0 Å². The Kier molecular flexibility index (Phi) is 6.78.